The number of nitriles is 1. The van der Waals surface area contributed by atoms with Gasteiger partial charge in [0.05, 0.1) is 18.2 Å². The van der Waals surface area contributed by atoms with Crippen LogP contribution in [0.25, 0.3) is 11.4 Å². The highest BCUT2D eigenvalue weighted by Gasteiger charge is 2.35. The average Bonchev–Trinajstić information content (AvgIpc) is 3.02. The molecule has 0 saturated carbocycles. The summed E-state index contributed by atoms with van der Waals surface area (Å²) in [5.74, 6) is 0.961. The van der Waals surface area contributed by atoms with Crippen molar-refractivity contribution in [1.82, 2.24) is 24.8 Å². The Balaban J connectivity index is 1.19. The third-order valence-corrected chi connectivity index (χ3v) is 7.73. The number of anilines is 3. The number of likely N-dealkylation sites (tertiary alicyclic amines) is 1. The normalized spacial score (nSPS) is 19.7. The molecule has 0 spiro atoms. The number of hydrogen-bond acceptors (Lipinski definition) is 11. The maximum atomic E-state index is 15.0. The predicted octanol–water partition coefficient (Wildman–Crippen LogP) is 4.38. The Hall–Kier alpha value is -4.54. The molecule has 3 aromatic rings. The van der Waals surface area contributed by atoms with Crippen molar-refractivity contribution >= 4 is 23.4 Å². The molecule has 12 nitrogen and oxygen atoms in total. The quantitative estimate of drug-likeness (QED) is 0.366. The van der Waals surface area contributed by atoms with Gasteiger partial charge in [0.15, 0.2) is 12.0 Å². The van der Waals surface area contributed by atoms with E-state index >= 15 is 4.39 Å². The molecule has 1 unspecified atom stereocenters. The lowest BCUT2D eigenvalue weighted by atomic mass is 10.1. The number of aliphatic hydroxyl groups is 1. The van der Waals surface area contributed by atoms with E-state index in [1.54, 1.807) is 39.0 Å². The minimum Gasteiger partial charge on any atom is -0.486 e. The highest BCUT2D eigenvalue weighted by Crippen LogP contribution is 2.29. The number of nitrogens with zero attached hydrogens (tertiary/aromatic N) is 7. The number of alkyl halides is 1. The van der Waals surface area contributed by atoms with Crippen LogP contribution >= 0.6 is 0 Å². The molecule has 0 aliphatic carbocycles. The molecule has 0 bridgehead atoms. The van der Waals surface area contributed by atoms with Crippen molar-refractivity contribution < 1.29 is 23.8 Å². The number of benzene rings is 2. The second kappa shape index (κ2) is 14.3. The van der Waals surface area contributed by atoms with E-state index in [4.69, 9.17) is 9.47 Å². The van der Waals surface area contributed by atoms with Crippen LogP contribution in [0, 0.1) is 11.3 Å². The molecule has 1 aromatic heterocycles. The first kappa shape index (κ1) is 32.8. The highest BCUT2D eigenvalue weighted by atomic mass is 19.1. The number of carbonyl (C=O) groups is 1. The third-order valence-electron chi connectivity index (χ3n) is 7.73. The van der Waals surface area contributed by atoms with Crippen molar-refractivity contribution in [3.05, 3.63) is 54.4 Å². The number of carbonyl (C=O) groups excluding carboxylic acids is 1. The van der Waals surface area contributed by atoms with Crippen molar-refractivity contribution in [1.29, 1.82) is 5.26 Å². The molecule has 2 aliphatic rings. The molecule has 46 heavy (non-hydrogen) atoms. The van der Waals surface area contributed by atoms with Crippen LogP contribution in [-0.2, 0) is 4.74 Å². The van der Waals surface area contributed by atoms with Gasteiger partial charge in [0.25, 0.3) is 0 Å². The fourth-order valence-corrected chi connectivity index (χ4v) is 5.47. The second-order valence-corrected chi connectivity index (χ2v) is 12.7. The molecule has 5 rings (SSSR count). The molecule has 2 fully saturated rings. The van der Waals surface area contributed by atoms with Gasteiger partial charge in [-0.1, -0.05) is 0 Å². The number of piperazine rings is 1. The molecule has 3 atom stereocenters. The molecule has 2 aromatic carbocycles. The Morgan fingerprint density at radius 1 is 1.13 bits per heavy atom. The number of piperidine rings is 1. The maximum Gasteiger partial charge on any atom is 0.410 e. The number of aliphatic hydroxyl groups excluding tert-OH is 1. The third kappa shape index (κ3) is 8.58. The number of ether oxygens (including phenoxy) is 2. The van der Waals surface area contributed by atoms with Gasteiger partial charge in [0.1, 0.15) is 29.9 Å². The number of halogens is 1. The van der Waals surface area contributed by atoms with Gasteiger partial charge in [-0.2, -0.15) is 10.2 Å². The SMILES string of the molecule is CC(O)CN1CCN(c2ccc(Nc3ncnc(-c4ccc(O[C@H]5CCN(C(=O)OC(C)(C)C)C[C@H]5F)c(C#N)c4)n3)cc2)CC1. The van der Waals surface area contributed by atoms with Gasteiger partial charge >= 0.3 is 6.09 Å². The first-order valence-electron chi connectivity index (χ1n) is 15.5. The molecule has 13 heteroatoms. The lowest BCUT2D eigenvalue weighted by molar-refractivity contribution is -0.0106. The van der Waals surface area contributed by atoms with Gasteiger partial charge in [0.2, 0.25) is 5.95 Å². The molecular weight excluding hydrogens is 591 g/mol. The second-order valence-electron chi connectivity index (χ2n) is 12.7. The maximum absolute atomic E-state index is 15.0. The van der Waals surface area contributed by atoms with E-state index in [1.807, 2.05) is 19.1 Å². The van der Waals surface area contributed by atoms with Gasteiger partial charge in [-0.15, -0.1) is 0 Å². The summed E-state index contributed by atoms with van der Waals surface area (Å²) in [5, 5.41) is 22.7. The Labute approximate surface area is 268 Å². The molecule has 2 saturated heterocycles. The zero-order chi connectivity index (χ0) is 32.8. The Bertz CT molecular complexity index is 1530. The monoisotopic (exact) mass is 632 g/mol. The van der Waals surface area contributed by atoms with Gasteiger partial charge < -0.3 is 29.7 Å². The summed E-state index contributed by atoms with van der Waals surface area (Å²) < 4.78 is 26.3. The van der Waals surface area contributed by atoms with Crippen LogP contribution in [0.4, 0.5) is 26.5 Å². The Morgan fingerprint density at radius 3 is 2.52 bits per heavy atom. The number of rotatable bonds is 8. The largest absolute Gasteiger partial charge is 0.486 e. The summed E-state index contributed by atoms with van der Waals surface area (Å²) in [6.45, 7) is 11.5. The highest BCUT2D eigenvalue weighted by molar-refractivity contribution is 5.68. The number of hydrogen-bond donors (Lipinski definition) is 2. The van der Waals surface area contributed by atoms with Crippen LogP contribution in [0.2, 0.25) is 0 Å². The van der Waals surface area contributed by atoms with Crippen LogP contribution in [0.15, 0.2) is 48.8 Å². The van der Waals surface area contributed by atoms with Crippen LogP contribution in [0.3, 0.4) is 0 Å². The zero-order valence-electron chi connectivity index (χ0n) is 26.7. The summed E-state index contributed by atoms with van der Waals surface area (Å²) in [4.78, 5) is 31.4. The summed E-state index contributed by atoms with van der Waals surface area (Å²) in [7, 11) is 0. The minimum atomic E-state index is -1.44. The molecule has 1 amide bonds. The van der Waals surface area contributed by atoms with Gasteiger partial charge in [-0.3, -0.25) is 4.90 Å². The van der Waals surface area contributed by atoms with Crippen molar-refractivity contribution in [2.75, 3.05) is 56.0 Å². The Morgan fingerprint density at radius 2 is 1.87 bits per heavy atom. The lowest BCUT2D eigenvalue weighted by Gasteiger charge is -2.36. The zero-order valence-corrected chi connectivity index (χ0v) is 26.7. The van der Waals surface area contributed by atoms with Crippen LogP contribution < -0.4 is 15.0 Å². The molecule has 0 radical (unpaired) electrons. The lowest BCUT2D eigenvalue weighted by Crippen LogP contribution is -2.50. The number of β-amino-alcohol motifs (C(OH)–C–C–N with tert-alkyl or cyclic N) is 1. The molecule has 244 valence electrons. The number of amides is 1. The van der Waals surface area contributed by atoms with Crippen molar-refractivity contribution in [3.63, 3.8) is 0 Å². The van der Waals surface area contributed by atoms with E-state index in [1.165, 1.54) is 11.2 Å². The molecule has 2 aliphatic heterocycles. The van der Waals surface area contributed by atoms with E-state index in [2.05, 4.69) is 48.3 Å². The van der Waals surface area contributed by atoms with Gasteiger partial charge in [-0.25, -0.2) is 19.2 Å². The van der Waals surface area contributed by atoms with Crippen molar-refractivity contribution in [3.8, 4) is 23.2 Å². The summed E-state index contributed by atoms with van der Waals surface area (Å²) in [5.41, 5.74) is 2.07. The first-order valence-corrected chi connectivity index (χ1v) is 15.5. The van der Waals surface area contributed by atoms with E-state index in [-0.39, 0.29) is 36.9 Å². The van der Waals surface area contributed by atoms with E-state index < -0.39 is 24.0 Å². The van der Waals surface area contributed by atoms with E-state index in [0.29, 0.717) is 23.9 Å². The van der Waals surface area contributed by atoms with E-state index in [9.17, 15) is 15.2 Å². The standard InChI is InChI=1S/C33H41FN8O4/c1-22(43)19-40-13-15-41(16-14-40)26-8-6-25(7-9-26)38-31-37-21-36-30(39-31)23-5-10-28(24(17-23)18-35)45-29-11-12-42(20-27(29)34)32(44)46-33(2,3)4/h5-10,17,21-22,27,29,43H,11-16,19-20H2,1-4H3,(H,36,37,38,39)/t22?,27-,29+/m1/s1. The van der Waals surface area contributed by atoms with Crippen LogP contribution in [-0.4, -0.2) is 106 Å². The Kier molecular flexibility index (Phi) is 10.2. The number of nitrogens with one attached hydrogen (secondary N) is 1. The number of aromatic nitrogens is 3. The smallest absolute Gasteiger partial charge is 0.410 e. The molecular formula is C33H41FN8O4. The summed E-state index contributed by atoms with van der Waals surface area (Å²) in [6, 6.07) is 15.1. The van der Waals surface area contributed by atoms with Crippen LogP contribution in [0.5, 0.6) is 5.75 Å². The fourth-order valence-electron chi connectivity index (χ4n) is 5.47. The van der Waals surface area contributed by atoms with Gasteiger partial charge in [-0.05, 0) is 70.2 Å². The van der Waals surface area contributed by atoms with Crippen molar-refractivity contribution in [2.24, 2.45) is 0 Å². The molecule has 2 N–H and O–H groups in total. The topological polar surface area (TPSA) is 140 Å². The average molecular weight is 633 g/mol. The fraction of sp³-hybridized carbons (Fsp3) is 0.485. The molecule has 3 heterocycles. The van der Waals surface area contributed by atoms with E-state index in [0.717, 1.165) is 37.6 Å². The minimum absolute atomic E-state index is 0.148. The van der Waals surface area contributed by atoms with Crippen LogP contribution in [0.1, 0.15) is 39.7 Å². The van der Waals surface area contributed by atoms with Crippen molar-refractivity contribution in [2.45, 2.75) is 58.1 Å². The first-order chi connectivity index (χ1) is 22.0. The summed E-state index contributed by atoms with van der Waals surface area (Å²) in [6.07, 6.45) is -1.47. The predicted molar refractivity (Wildman–Crippen MR) is 172 cm³/mol. The van der Waals surface area contributed by atoms with Gasteiger partial charge in [0, 0.05) is 62.6 Å². The summed E-state index contributed by atoms with van der Waals surface area (Å²) >= 11 is 0.